The van der Waals surface area contributed by atoms with Crippen LogP contribution in [0.1, 0.15) is 24.7 Å². The molecule has 1 aliphatic rings. The molecule has 0 saturated carbocycles. The van der Waals surface area contributed by atoms with Crippen molar-refractivity contribution in [2.75, 3.05) is 6.54 Å². The Morgan fingerprint density at radius 2 is 2.53 bits per heavy atom. The molecule has 1 aliphatic heterocycles. The van der Waals surface area contributed by atoms with Gasteiger partial charge in [-0.15, -0.1) is 6.58 Å². The summed E-state index contributed by atoms with van der Waals surface area (Å²) >= 11 is 0. The second-order valence-electron chi connectivity index (χ2n) is 4.84. The molecule has 0 bridgehead atoms. The predicted molar refractivity (Wildman–Crippen MR) is 66.5 cm³/mol. The van der Waals surface area contributed by atoms with Crippen molar-refractivity contribution in [3.05, 3.63) is 30.1 Å². The highest BCUT2D eigenvalue weighted by atomic mass is 16.2. The van der Waals surface area contributed by atoms with Gasteiger partial charge in [0.1, 0.15) is 0 Å². The van der Waals surface area contributed by atoms with Crippen LogP contribution >= 0.6 is 0 Å². The molecular formula is C13H19N3O. The van der Waals surface area contributed by atoms with E-state index in [9.17, 15) is 4.79 Å². The maximum absolute atomic E-state index is 11.8. The van der Waals surface area contributed by atoms with Gasteiger partial charge in [-0.25, -0.2) is 0 Å². The Labute approximate surface area is 102 Å². The van der Waals surface area contributed by atoms with Crippen LogP contribution < -0.4 is 0 Å². The average Bonchev–Trinajstić information content (AvgIpc) is 2.85. The van der Waals surface area contributed by atoms with Crippen LogP contribution in [0, 0.1) is 12.8 Å². The average molecular weight is 233 g/mol. The molecule has 4 heteroatoms. The zero-order valence-corrected chi connectivity index (χ0v) is 10.4. The first-order valence-electron chi connectivity index (χ1n) is 6.03. The number of nitrogens with one attached hydrogen (secondary N) is 1. The maximum Gasteiger partial charge on any atom is 0.223 e. The molecule has 2 atom stereocenters. The predicted octanol–water partition coefficient (Wildman–Crippen LogP) is 1.68. The number of aromatic amines is 1. The number of aryl methyl sites for hydroxylation is 1. The summed E-state index contributed by atoms with van der Waals surface area (Å²) in [5.74, 6) is 0.542. The van der Waals surface area contributed by atoms with Crippen LogP contribution in [0.25, 0.3) is 0 Å². The number of rotatable bonds is 4. The van der Waals surface area contributed by atoms with E-state index in [0.29, 0.717) is 12.3 Å². The number of amides is 1. The molecule has 17 heavy (non-hydrogen) atoms. The minimum absolute atomic E-state index is 0.204. The minimum atomic E-state index is 0.204. The largest absolute Gasteiger partial charge is 0.339 e. The van der Waals surface area contributed by atoms with Crippen molar-refractivity contribution in [3.8, 4) is 0 Å². The van der Waals surface area contributed by atoms with Gasteiger partial charge in [-0.1, -0.05) is 6.08 Å². The van der Waals surface area contributed by atoms with Crippen molar-refractivity contribution in [1.82, 2.24) is 15.1 Å². The van der Waals surface area contributed by atoms with E-state index < -0.39 is 0 Å². The molecule has 2 rings (SSSR count). The molecule has 1 amide bonds. The van der Waals surface area contributed by atoms with Crippen molar-refractivity contribution in [3.63, 3.8) is 0 Å². The van der Waals surface area contributed by atoms with Crippen molar-refractivity contribution in [2.24, 2.45) is 5.92 Å². The van der Waals surface area contributed by atoms with Gasteiger partial charge in [0.2, 0.25) is 5.91 Å². The Kier molecular flexibility index (Phi) is 3.31. The fraction of sp³-hybridized carbons (Fsp3) is 0.538. The van der Waals surface area contributed by atoms with E-state index in [1.54, 1.807) is 0 Å². The number of carbonyl (C=O) groups is 1. The van der Waals surface area contributed by atoms with Gasteiger partial charge in [-0.05, 0) is 19.9 Å². The molecular weight excluding hydrogens is 214 g/mol. The van der Waals surface area contributed by atoms with Gasteiger partial charge < -0.3 is 4.90 Å². The van der Waals surface area contributed by atoms with Gasteiger partial charge >= 0.3 is 0 Å². The van der Waals surface area contributed by atoms with Crippen molar-refractivity contribution >= 4 is 5.91 Å². The third kappa shape index (κ3) is 2.57. The summed E-state index contributed by atoms with van der Waals surface area (Å²) < 4.78 is 0. The molecule has 2 heterocycles. The Hall–Kier alpha value is -1.58. The van der Waals surface area contributed by atoms with Crippen LogP contribution in [-0.4, -0.2) is 33.6 Å². The summed E-state index contributed by atoms with van der Waals surface area (Å²) in [6.45, 7) is 8.62. The number of hydrogen-bond donors (Lipinski definition) is 1. The number of H-pyrrole nitrogens is 1. The van der Waals surface area contributed by atoms with Crippen LogP contribution in [0.3, 0.4) is 0 Å². The lowest BCUT2D eigenvalue weighted by molar-refractivity contribution is -0.129. The zero-order chi connectivity index (χ0) is 12.4. The van der Waals surface area contributed by atoms with E-state index in [1.807, 2.05) is 24.0 Å². The summed E-state index contributed by atoms with van der Waals surface area (Å²) in [5, 5.41) is 7.13. The molecule has 0 radical (unpaired) electrons. The summed E-state index contributed by atoms with van der Waals surface area (Å²) in [6.07, 6.45) is 3.29. The molecule has 0 aromatic carbocycles. The fourth-order valence-corrected chi connectivity index (χ4v) is 2.34. The highest BCUT2D eigenvalue weighted by Gasteiger charge is 2.31. The second-order valence-corrected chi connectivity index (χ2v) is 4.84. The molecule has 92 valence electrons. The minimum Gasteiger partial charge on any atom is -0.339 e. The third-order valence-electron chi connectivity index (χ3n) is 3.32. The lowest BCUT2D eigenvalue weighted by atomic mass is 10.1. The molecule has 1 fully saturated rings. The van der Waals surface area contributed by atoms with Crippen LogP contribution in [0.2, 0.25) is 0 Å². The molecule has 1 aromatic rings. The monoisotopic (exact) mass is 233 g/mol. The lowest BCUT2D eigenvalue weighted by Crippen LogP contribution is -2.35. The number of hydrogen-bond acceptors (Lipinski definition) is 2. The van der Waals surface area contributed by atoms with E-state index in [1.165, 1.54) is 0 Å². The molecule has 2 unspecified atom stereocenters. The highest BCUT2D eigenvalue weighted by molar-refractivity contribution is 5.79. The standard InChI is InChI=1S/C13H19N3O/c1-4-11-7-13(17)16(8-11)10(3)6-12-5-9(2)14-15-12/h4-5,10-11H,1,6-8H2,2-3H3,(H,14,15). The Morgan fingerprint density at radius 1 is 1.76 bits per heavy atom. The Balaban J connectivity index is 1.98. The molecule has 1 aromatic heterocycles. The summed E-state index contributed by atoms with van der Waals surface area (Å²) in [6, 6.07) is 2.23. The second kappa shape index (κ2) is 4.73. The third-order valence-corrected chi connectivity index (χ3v) is 3.32. The van der Waals surface area contributed by atoms with E-state index in [2.05, 4.69) is 23.7 Å². The highest BCUT2D eigenvalue weighted by Crippen LogP contribution is 2.22. The van der Waals surface area contributed by atoms with Gasteiger partial charge in [0.15, 0.2) is 0 Å². The number of carbonyl (C=O) groups excluding carboxylic acids is 1. The van der Waals surface area contributed by atoms with E-state index in [4.69, 9.17) is 0 Å². The van der Waals surface area contributed by atoms with Gasteiger partial charge in [-0.2, -0.15) is 5.10 Å². The molecule has 4 nitrogen and oxygen atoms in total. The van der Waals surface area contributed by atoms with E-state index >= 15 is 0 Å². The Bertz CT molecular complexity index is 424. The molecule has 0 aliphatic carbocycles. The van der Waals surface area contributed by atoms with Gasteiger partial charge in [-0.3, -0.25) is 9.89 Å². The first kappa shape index (κ1) is 11.9. The molecule has 1 saturated heterocycles. The summed E-state index contributed by atoms with van der Waals surface area (Å²) in [4.78, 5) is 13.8. The van der Waals surface area contributed by atoms with Gasteiger partial charge in [0, 0.05) is 37.0 Å². The first-order valence-corrected chi connectivity index (χ1v) is 6.03. The van der Waals surface area contributed by atoms with E-state index in [-0.39, 0.29) is 11.9 Å². The topological polar surface area (TPSA) is 49.0 Å². The quantitative estimate of drug-likeness (QED) is 0.804. The molecule has 1 N–H and O–H groups in total. The van der Waals surface area contributed by atoms with Gasteiger partial charge in [0.05, 0.1) is 5.69 Å². The van der Waals surface area contributed by atoms with Crippen LogP contribution in [0.15, 0.2) is 18.7 Å². The summed E-state index contributed by atoms with van der Waals surface area (Å²) in [5.41, 5.74) is 2.08. The number of aromatic nitrogens is 2. The van der Waals surface area contributed by atoms with Crippen molar-refractivity contribution < 1.29 is 4.79 Å². The van der Waals surface area contributed by atoms with Crippen LogP contribution in [0.5, 0.6) is 0 Å². The lowest BCUT2D eigenvalue weighted by Gasteiger charge is -2.23. The normalized spacial score (nSPS) is 21.9. The van der Waals surface area contributed by atoms with Crippen LogP contribution in [0.4, 0.5) is 0 Å². The van der Waals surface area contributed by atoms with Crippen LogP contribution in [-0.2, 0) is 11.2 Å². The number of likely N-dealkylation sites (tertiary alicyclic amines) is 1. The van der Waals surface area contributed by atoms with Crippen molar-refractivity contribution in [1.29, 1.82) is 0 Å². The SMILES string of the molecule is C=CC1CC(=O)N(C(C)Cc2cc(C)[nH]n2)C1. The maximum atomic E-state index is 11.8. The number of nitrogens with zero attached hydrogens (tertiary/aromatic N) is 2. The summed E-state index contributed by atoms with van der Waals surface area (Å²) in [7, 11) is 0. The Morgan fingerprint density at radius 3 is 3.06 bits per heavy atom. The zero-order valence-electron chi connectivity index (χ0n) is 10.4. The smallest absolute Gasteiger partial charge is 0.223 e. The van der Waals surface area contributed by atoms with Crippen molar-refractivity contribution in [2.45, 2.75) is 32.7 Å². The van der Waals surface area contributed by atoms with Gasteiger partial charge in [0.25, 0.3) is 0 Å². The molecule has 0 spiro atoms. The first-order chi connectivity index (χ1) is 8.10. The van der Waals surface area contributed by atoms with E-state index in [0.717, 1.165) is 24.4 Å². The fourth-order valence-electron chi connectivity index (χ4n) is 2.34.